The van der Waals surface area contributed by atoms with Gasteiger partial charge in [0.15, 0.2) is 0 Å². The van der Waals surface area contributed by atoms with Crippen LogP contribution in [-0.2, 0) is 9.59 Å². The first kappa shape index (κ1) is 14.9. The van der Waals surface area contributed by atoms with Crippen molar-refractivity contribution in [2.75, 3.05) is 47.3 Å². The van der Waals surface area contributed by atoms with E-state index in [0.29, 0.717) is 13.1 Å². The highest BCUT2D eigenvalue weighted by Crippen LogP contribution is 2.12. The number of carbonyl (C=O) groups excluding carboxylic acids is 1. The minimum Gasteiger partial charge on any atom is -0.481 e. The SMILES string of the molecule is CN(C)CCN1CCCN(C)C(CC(=O)O)C1=O. The summed E-state index contributed by atoms with van der Waals surface area (Å²) in [4.78, 5) is 28.8. The van der Waals surface area contributed by atoms with Gasteiger partial charge in [-0.15, -0.1) is 0 Å². The van der Waals surface area contributed by atoms with Crippen LogP contribution in [0.2, 0.25) is 0 Å². The lowest BCUT2D eigenvalue weighted by atomic mass is 10.1. The van der Waals surface area contributed by atoms with Gasteiger partial charge in [0, 0.05) is 26.2 Å². The first-order chi connectivity index (χ1) is 8.41. The van der Waals surface area contributed by atoms with Crippen LogP contribution >= 0.6 is 0 Å². The fraction of sp³-hybridized carbons (Fsp3) is 0.833. The Balaban J connectivity index is 2.69. The van der Waals surface area contributed by atoms with Gasteiger partial charge in [0.1, 0.15) is 0 Å². The smallest absolute Gasteiger partial charge is 0.305 e. The van der Waals surface area contributed by atoms with Crippen LogP contribution in [0.1, 0.15) is 12.8 Å². The number of carbonyl (C=O) groups is 2. The maximum absolute atomic E-state index is 12.3. The Kier molecular flexibility index (Phi) is 5.55. The molecule has 1 amide bonds. The summed E-state index contributed by atoms with van der Waals surface area (Å²) in [6, 6.07) is -0.521. The predicted molar refractivity (Wildman–Crippen MR) is 68.4 cm³/mol. The van der Waals surface area contributed by atoms with E-state index in [2.05, 4.69) is 0 Å². The molecule has 18 heavy (non-hydrogen) atoms. The molecule has 1 aliphatic heterocycles. The second-order valence-corrected chi connectivity index (χ2v) is 5.08. The van der Waals surface area contributed by atoms with Crippen molar-refractivity contribution >= 4 is 11.9 Å². The largest absolute Gasteiger partial charge is 0.481 e. The molecular formula is C12H23N3O3. The van der Waals surface area contributed by atoms with Crippen LogP contribution in [0.4, 0.5) is 0 Å². The quantitative estimate of drug-likeness (QED) is 0.723. The van der Waals surface area contributed by atoms with E-state index in [1.807, 2.05) is 30.9 Å². The fourth-order valence-corrected chi connectivity index (χ4v) is 2.13. The van der Waals surface area contributed by atoms with Crippen LogP contribution in [0.15, 0.2) is 0 Å². The van der Waals surface area contributed by atoms with Crippen molar-refractivity contribution in [3.05, 3.63) is 0 Å². The Hall–Kier alpha value is -1.14. The summed E-state index contributed by atoms with van der Waals surface area (Å²) in [7, 11) is 5.74. The Labute approximate surface area is 108 Å². The van der Waals surface area contributed by atoms with Gasteiger partial charge in [-0.2, -0.15) is 0 Å². The molecule has 1 rings (SSSR count). The van der Waals surface area contributed by atoms with Crippen LogP contribution in [0, 0.1) is 0 Å². The normalized spacial score (nSPS) is 22.3. The van der Waals surface area contributed by atoms with Crippen molar-refractivity contribution in [2.24, 2.45) is 0 Å². The van der Waals surface area contributed by atoms with Gasteiger partial charge in [-0.1, -0.05) is 0 Å². The molecule has 104 valence electrons. The molecule has 1 unspecified atom stereocenters. The van der Waals surface area contributed by atoms with Gasteiger partial charge in [-0.25, -0.2) is 0 Å². The van der Waals surface area contributed by atoms with E-state index >= 15 is 0 Å². The van der Waals surface area contributed by atoms with Crippen LogP contribution in [0.3, 0.4) is 0 Å². The molecule has 1 aliphatic rings. The third-order valence-corrected chi connectivity index (χ3v) is 3.25. The van der Waals surface area contributed by atoms with Crippen molar-refractivity contribution in [3.63, 3.8) is 0 Å². The van der Waals surface area contributed by atoms with Gasteiger partial charge < -0.3 is 14.9 Å². The van der Waals surface area contributed by atoms with E-state index < -0.39 is 12.0 Å². The Morgan fingerprint density at radius 3 is 2.67 bits per heavy atom. The van der Waals surface area contributed by atoms with Crippen LogP contribution in [-0.4, -0.2) is 85.0 Å². The molecule has 0 aromatic rings. The second-order valence-electron chi connectivity index (χ2n) is 5.08. The number of hydrogen-bond donors (Lipinski definition) is 1. The van der Waals surface area contributed by atoms with Crippen molar-refractivity contribution in [1.29, 1.82) is 0 Å². The summed E-state index contributed by atoms with van der Waals surface area (Å²) in [6.45, 7) is 2.94. The summed E-state index contributed by atoms with van der Waals surface area (Å²) in [6.07, 6.45) is 0.777. The summed E-state index contributed by atoms with van der Waals surface area (Å²) in [5, 5.41) is 8.89. The Morgan fingerprint density at radius 1 is 1.44 bits per heavy atom. The second kappa shape index (κ2) is 6.70. The average molecular weight is 257 g/mol. The Morgan fingerprint density at radius 2 is 2.11 bits per heavy atom. The van der Waals surface area contributed by atoms with Gasteiger partial charge in [0.2, 0.25) is 5.91 Å². The maximum Gasteiger partial charge on any atom is 0.305 e. The average Bonchev–Trinajstić information content (AvgIpc) is 2.39. The monoisotopic (exact) mass is 257 g/mol. The lowest BCUT2D eigenvalue weighted by Crippen LogP contribution is -2.47. The molecule has 1 atom stereocenters. The summed E-state index contributed by atoms with van der Waals surface area (Å²) in [5.74, 6) is -0.978. The zero-order valence-corrected chi connectivity index (χ0v) is 11.4. The van der Waals surface area contributed by atoms with E-state index in [1.165, 1.54) is 0 Å². The molecule has 1 fully saturated rings. The number of aliphatic carboxylic acids is 1. The van der Waals surface area contributed by atoms with E-state index in [9.17, 15) is 9.59 Å². The number of carboxylic acid groups (broad SMARTS) is 1. The summed E-state index contributed by atoms with van der Waals surface area (Å²) < 4.78 is 0. The standard InChI is InChI=1S/C12H23N3O3/c1-13(2)7-8-15-6-4-5-14(3)10(12(15)18)9-11(16)17/h10H,4-9H2,1-3H3,(H,16,17). The molecule has 0 aliphatic carbocycles. The van der Waals surface area contributed by atoms with E-state index in [4.69, 9.17) is 5.11 Å². The number of nitrogens with zero attached hydrogens (tertiary/aromatic N) is 3. The molecule has 0 bridgehead atoms. The number of amides is 1. The predicted octanol–water partition coefficient (Wildman–Crippen LogP) is -0.445. The zero-order valence-electron chi connectivity index (χ0n) is 11.4. The number of hydrogen-bond acceptors (Lipinski definition) is 4. The van der Waals surface area contributed by atoms with Crippen molar-refractivity contribution in [2.45, 2.75) is 18.9 Å². The highest BCUT2D eigenvalue weighted by atomic mass is 16.4. The van der Waals surface area contributed by atoms with E-state index in [0.717, 1.165) is 19.5 Å². The summed E-state index contributed by atoms with van der Waals surface area (Å²) >= 11 is 0. The van der Waals surface area contributed by atoms with Crippen molar-refractivity contribution < 1.29 is 14.7 Å². The first-order valence-electron chi connectivity index (χ1n) is 6.27. The van der Waals surface area contributed by atoms with Crippen LogP contribution in [0.5, 0.6) is 0 Å². The fourth-order valence-electron chi connectivity index (χ4n) is 2.13. The highest BCUT2D eigenvalue weighted by molar-refractivity contribution is 5.86. The van der Waals surface area contributed by atoms with E-state index in [1.54, 1.807) is 4.90 Å². The molecule has 1 heterocycles. The maximum atomic E-state index is 12.3. The number of likely N-dealkylation sites (N-methyl/N-ethyl adjacent to an activating group) is 2. The van der Waals surface area contributed by atoms with Gasteiger partial charge in [0.05, 0.1) is 12.5 Å². The third-order valence-electron chi connectivity index (χ3n) is 3.25. The molecule has 6 nitrogen and oxygen atoms in total. The van der Waals surface area contributed by atoms with E-state index in [-0.39, 0.29) is 12.3 Å². The minimum absolute atomic E-state index is 0.0562. The van der Waals surface area contributed by atoms with Gasteiger partial charge in [-0.3, -0.25) is 14.5 Å². The summed E-state index contributed by atoms with van der Waals surface area (Å²) in [5.41, 5.74) is 0. The molecule has 0 aromatic carbocycles. The topological polar surface area (TPSA) is 64.1 Å². The lowest BCUT2D eigenvalue weighted by molar-refractivity contribution is -0.144. The zero-order chi connectivity index (χ0) is 13.7. The molecule has 1 saturated heterocycles. The van der Waals surface area contributed by atoms with Gasteiger partial charge in [0.25, 0.3) is 0 Å². The van der Waals surface area contributed by atoms with Crippen LogP contribution < -0.4 is 0 Å². The first-order valence-corrected chi connectivity index (χ1v) is 6.27. The van der Waals surface area contributed by atoms with Crippen molar-refractivity contribution in [1.82, 2.24) is 14.7 Å². The van der Waals surface area contributed by atoms with Crippen LogP contribution in [0.25, 0.3) is 0 Å². The molecular weight excluding hydrogens is 234 g/mol. The molecule has 0 spiro atoms. The third kappa shape index (κ3) is 4.27. The Bertz CT molecular complexity index is 307. The van der Waals surface area contributed by atoms with Gasteiger partial charge >= 0.3 is 5.97 Å². The molecule has 0 aromatic heterocycles. The molecule has 1 N–H and O–H groups in total. The molecule has 0 radical (unpaired) electrons. The molecule has 6 heteroatoms. The molecule has 0 saturated carbocycles. The highest BCUT2D eigenvalue weighted by Gasteiger charge is 2.32. The number of carboxylic acids is 1. The van der Waals surface area contributed by atoms with Crippen molar-refractivity contribution in [3.8, 4) is 0 Å². The van der Waals surface area contributed by atoms with Gasteiger partial charge in [-0.05, 0) is 27.6 Å². The lowest BCUT2D eigenvalue weighted by Gasteiger charge is -2.27. The minimum atomic E-state index is -0.922. The number of rotatable bonds is 5.